The van der Waals surface area contributed by atoms with Crippen LogP contribution in [0.2, 0.25) is 0 Å². The molecule has 0 bridgehead atoms. The number of aryl methyl sites for hydroxylation is 2. The summed E-state index contributed by atoms with van der Waals surface area (Å²) in [4.78, 5) is 14.8. The number of carbonyl (C=O) groups excluding carboxylic acids is 1. The second-order valence-corrected chi connectivity index (χ2v) is 9.50. The minimum atomic E-state index is 0.191. The number of hydrogen-bond acceptors (Lipinski definition) is 4. The topological polar surface area (TPSA) is 51.0 Å². The van der Waals surface area contributed by atoms with E-state index in [1.807, 2.05) is 23.1 Å². The summed E-state index contributed by atoms with van der Waals surface area (Å²) in [6.45, 7) is 8.17. The quantitative estimate of drug-likeness (QED) is 0.522. The van der Waals surface area contributed by atoms with E-state index in [1.165, 1.54) is 34.9 Å². The molecular weight excluding hydrogens is 404 g/mol. The van der Waals surface area contributed by atoms with Crippen LogP contribution in [-0.2, 0) is 11.2 Å². The highest BCUT2D eigenvalue weighted by Gasteiger charge is 2.23. The van der Waals surface area contributed by atoms with Crippen molar-refractivity contribution in [1.29, 1.82) is 0 Å². The van der Waals surface area contributed by atoms with Gasteiger partial charge in [0.15, 0.2) is 5.16 Å². The van der Waals surface area contributed by atoms with Crippen molar-refractivity contribution in [2.45, 2.75) is 45.2 Å². The summed E-state index contributed by atoms with van der Waals surface area (Å²) in [5.74, 6) is 2.05. The zero-order valence-corrected chi connectivity index (χ0v) is 19.4. The third-order valence-corrected chi connectivity index (χ3v) is 6.75. The van der Waals surface area contributed by atoms with Crippen LogP contribution in [0, 0.1) is 19.8 Å². The molecule has 2 heterocycles. The van der Waals surface area contributed by atoms with Crippen LogP contribution < -0.4 is 0 Å². The predicted octanol–water partition coefficient (Wildman–Crippen LogP) is 4.83. The minimum absolute atomic E-state index is 0.191. The first-order valence-corrected chi connectivity index (χ1v) is 12.0. The van der Waals surface area contributed by atoms with Gasteiger partial charge in [-0.05, 0) is 49.8 Å². The SMILES string of the molecule is Cc1ccc(-n2c(Cc3ccccc3)nnc2SCC(=O)N2CCCC(C)C2)c(C)c1. The van der Waals surface area contributed by atoms with Gasteiger partial charge in [-0.2, -0.15) is 0 Å². The molecule has 1 unspecified atom stereocenters. The molecule has 1 saturated heterocycles. The van der Waals surface area contributed by atoms with E-state index in [0.717, 1.165) is 36.2 Å². The van der Waals surface area contributed by atoms with Crippen LogP contribution in [0.1, 0.15) is 42.3 Å². The lowest BCUT2D eigenvalue weighted by atomic mass is 10.0. The molecule has 0 spiro atoms. The lowest BCUT2D eigenvalue weighted by Gasteiger charge is -2.30. The Morgan fingerprint density at radius 3 is 2.68 bits per heavy atom. The zero-order chi connectivity index (χ0) is 21.8. The Kier molecular flexibility index (Phi) is 6.76. The Morgan fingerprint density at radius 1 is 1.13 bits per heavy atom. The Labute approximate surface area is 188 Å². The summed E-state index contributed by atoms with van der Waals surface area (Å²) in [5.41, 5.74) is 4.66. The zero-order valence-electron chi connectivity index (χ0n) is 18.5. The molecule has 0 aliphatic carbocycles. The molecule has 1 aromatic heterocycles. The summed E-state index contributed by atoms with van der Waals surface area (Å²) in [6, 6.07) is 16.7. The summed E-state index contributed by atoms with van der Waals surface area (Å²) in [6.07, 6.45) is 3.00. The van der Waals surface area contributed by atoms with Crippen molar-refractivity contribution >= 4 is 17.7 Å². The summed E-state index contributed by atoms with van der Waals surface area (Å²) >= 11 is 1.49. The Bertz CT molecular complexity index is 1050. The van der Waals surface area contributed by atoms with Crippen molar-refractivity contribution in [3.05, 3.63) is 71.0 Å². The number of hydrogen-bond donors (Lipinski definition) is 0. The molecule has 1 fully saturated rings. The number of benzene rings is 2. The number of rotatable bonds is 6. The molecule has 6 heteroatoms. The molecule has 3 aromatic rings. The van der Waals surface area contributed by atoms with E-state index in [0.29, 0.717) is 18.1 Å². The van der Waals surface area contributed by atoms with Gasteiger partial charge < -0.3 is 4.90 Å². The lowest BCUT2D eigenvalue weighted by molar-refractivity contribution is -0.130. The van der Waals surface area contributed by atoms with E-state index in [1.54, 1.807) is 0 Å². The smallest absolute Gasteiger partial charge is 0.233 e. The van der Waals surface area contributed by atoms with Crippen molar-refractivity contribution in [3.63, 3.8) is 0 Å². The number of carbonyl (C=O) groups is 1. The summed E-state index contributed by atoms with van der Waals surface area (Å²) < 4.78 is 2.12. The highest BCUT2D eigenvalue weighted by molar-refractivity contribution is 7.99. The average Bonchev–Trinajstić information content (AvgIpc) is 3.15. The van der Waals surface area contributed by atoms with Crippen LogP contribution in [0.25, 0.3) is 5.69 Å². The Hall–Kier alpha value is -2.60. The van der Waals surface area contributed by atoms with Crippen LogP contribution in [0.15, 0.2) is 53.7 Å². The first-order valence-electron chi connectivity index (χ1n) is 11.0. The Morgan fingerprint density at radius 2 is 1.94 bits per heavy atom. The minimum Gasteiger partial charge on any atom is -0.342 e. The number of piperidine rings is 1. The monoisotopic (exact) mass is 434 g/mol. The van der Waals surface area contributed by atoms with Gasteiger partial charge in [0.25, 0.3) is 0 Å². The molecular formula is C25H30N4OS. The second-order valence-electron chi connectivity index (χ2n) is 8.56. The van der Waals surface area contributed by atoms with E-state index in [-0.39, 0.29) is 5.91 Å². The molecule has 1 amide bonds. The molecule has 2 aromatic carbocycles. The third-order valence-electron chi connectivity index (χ3n) is 5.83. The molecule has 0 saturated carbocycles. The standard InChI is InChI=1S/C25H30N4OS/c1-18-11-12-22(20(3)14-18)29-23(15-21-9-5-4-6-10-21)26-27-25(29)31-17-24(30)28-13-7-8-19(2)16-28/h4-6,9-12,14,19H,7-8,13,15-17H2,1-3H3. The number of aromatic nitrogens is 3. The second kappa shape index (κ2) is 9.69. The van der Waals surface area contributed by atoms with Gasteiger partial charge >= 0.3 is 0 Å². The summed E-state index contributed by atoms with van der Waals surface area (Å²) in [7, 11) is 0. The van der Waals surface area contributed by atoms with Crippen molar-refractivity contribution in [3.8, 4) is 5.69 Å². The first-order chi connectivity index (χ1) is 15.0. The molecule has 31 heavy (non-hydrogen) atoms. The van der Waals surface area contributed by atoms with Crippen molar-refractivity contribution in [2.24, 2.45) is 5.92 Å². The van der Waals surface area contributed by atoms with Crippen LogP contribution in [0.3, 0.4) is 0 Å². The predicted molar refractivity (Wildman–Crippen MR) is 126 cm³/mol. The first kappa shape index (κ1) is 21.6. The van der Waals surface area contributed by atoms with E-state index < -0.39 is 0 Å². The fourth-order valence-corrected chi connectivity index (χ4v) is 5.08. The molecule has 1 aliphatic heterocycles. The average molecular weight is 435 g/mol. The maximum absolute atomic E-state index is 12.8. The fraction of sp³-hybridized carbons (Fsp3) is 0.400. The van der Waals surface area contributed by atoms with E-state index in [2.05, 4.69) is 65.9 Å². The largest absolute Gasteiger partial charge is 0.342 e. The number of nitrogens with zero attached hydrogens (tertiary/aromatic N) is 4. The highest BCUT2D eigenvalue weighted by Crippen LogP contribution is 2.27. The molecule has 162 valence electrons. The van der Waals surface area contributed by atoms with Gasteiger partial charge in [0.1, 0.15) is 5.82 Å². The van der Waals surface area contributed by atoms with Gasteiger partial charge in [0.2, 0.25) is 5.91 Å². The molecule has 1 aliphatic rings. The van der Waals surface area contributed by atoms with Crippen molar-refractivity contribution < 1.29 is 4.79 Å². The van der Waals surface area contributed by atoms with Crippen LogP contribution >= 0.6 is 11.8 Å². The molecule has 4 rings (SSSR count). The molecule has 0 N–H and O–H groups in total. The highest BCUT2D eigenvalue weighted by atomic mass is 32.2. The maximum atomic E-state index is 12.8. The number of thioether (sulfide) groups is 1. The number of likely N-dealkylation sites (tertiary alicyclic amines) is 1. The van der Waals surface area contributed by atoms with Crippen molar-refractivity contribution in [2.75, 3.05) is 18.8 Å². The van der Waals surface area contributed by atoms with Gasteiger partial charge in [-0.25, -0.2) is 0 Å². The van der Waals surface area contributed by atoms with Gasteiger partial charge in [-0.1, -0.05) is 66.7 Å². The molecule has 1 atom stereocenters. The van der Waals surface area contributed by atoms with E-state index >= 15 is 0 Å². The van der Waals surface area contributed by atoms with Gasteiger partial charge in [-0.15, -0.1) is 10.2 Å². The third kappa shape index (κ3) is 5.18. The van der Waals surface area contributed by atoms with Gasteiger partial charge in [0.05, 0.1) is 11.4 Å². The van der Waals surface area contributed by atoms with E-state index in [9.17, 15) is 4.79 Å². The maximum Gasteiger partial charge on any atom is 0.233 e. The Balaban J connectivity index is 1.60. The normalized spacial score (nSPS) is 16.5. The van der Waals surface area contributed by atoms with Crippen molar-refractivity contribution in [1.82, 2.24) is 19.7 Å². The van der Waals surface area contributed by atoms with Gasteiger partial charge in [-0.3, -0.25) is 9.36 Å². The summed E-state index contributed by atoms with van der Waals surface area (Å²) in [5, 5.41) is 9.78. The van der Waals surface area contributed by atoms with E-state index in [4.69, 9.17) is 0 Å². The molecule has 0 radical (unpaired) electrons. The number of amides is 1. The fourth-order valence-electron chi connectivity index (χ4n) is 4.22. The van der Waals surface area contributed by atoms with Crippen LogP contribution in [-0.4, -0.2) is 44.4 Å². The molecule has 5 nitrogen and oxygen atoms in total. The van der Waals surface area contributed by atoms with Gasteiger partial charge in [0, 0.05) is 19.5 Å². The lowest BCUT2D eigenvalue weighted by Crippen LogP contribution is -2.40. The van der Waals surface area contributed by atoms with Crippen LogP contribution in [0.4, 0.5) is 0 Å². The van der Waals surface area contributed by atoms with Crippen LogP contribution in [0.5, 0.6) is 0 Å².